The van der Waals surface area contributed by atoms with Gasteiger partial charge in [0.05, 0.1) is 5.54 Å². The summed E-state index contributed by atoms with van der Waals surface area (Å²) in [6, 6.07) is 5.35. The van der Waals surface area contributed by atoms with Crippen molar-refractivity contribution in [2.24, 2.45) is 5.73 Å². The minimum Gasteiger partial charge on any atom is -0.508 e. The van der Waals surface area contributed by atoms with Crippen molar-refractivity contribution in [1.82, 2.24) is 5.32 Å². The van der Waals surface area contributed by atoms with Crippen molar-refractivity contribution >= 4 is 5.91 Å². The van der Waals surface area contributed by atoms with Crippen molar-refractivity contribution in [3.63, 3.8) is 0 Å². The van der Waals surface area contributed by atoms with Gasteiger partial charge in [0.15, 0.2) is 0 Å². The summed E-state index contributed by atoms with van der Waals surface area (Å²) in [6.07, 6.45) is 0. The monoisotopic (exact) mass is 222 g/mol. The molecular weight excluding hydrogens is 204 g/mol. The van der Waals surface area contributed by atoms with E-state index in [1.807, 2.05) is 19.1 Å². The van der Waals surface area contributed by atoms with Crippen molar-refractivity contribution in [1.29, 1.82) is 0 Å². The lowest BCUT2D eigenvalue weighted by molar-refractivity contribution is -0.123. The molecule has 88 valence electrons. The number of carbonyl (C=O) groups is 1. The molecule has 0 aliphatic carbocycles. The molecule has 1 rings (SSSR count). The van der Waals surface area contributed by atoms with Crippen molar-refractivity contribution in [3.05, 3.63) is 29.3 Å². The third-order valence-electron chi connectivity index (χ3n) is 2.57. The van der Waals surface area contributed by atoms with E-state index in [4.69, 9.17) is 5.73 Å². The van der Waals surface area contributed by atoms with E-state index in [-0.39, 0.29) is 5.75 Å². The first-order chi connectivity index (χ1) is 7.33. The van der Waals surface area contributed by atoms with Gasteiger partial charge in [-0.05, 0) is 26.8 Å². The van der Waals surface area contributed by atoms with E-state index in [2.05, 4.69) is 5.32 Å². The number of carbonyl (C=O) groups excluding carboxylic acids is 1. The average molecular weight is 222 g/mol. The molecule has 1 aromatic carbocycles. The Morgan fingerprint density at radius 1 is 1.50 bits per heavy atom. The molecule has 0 saturated heterocycles. The lowest BCUT2D eigenvalue weighted by Gasteiger charge is -2.22. The van der Waals surface area contributed by atoms with Crippen LogP contribution in [0.4, 0.5) is 0 Å². The predicted molar refractivity (Wildman–Crippen MR) is 63.0 cm³/mol. The maximum Gasteiger partial charge on any atom is 0.237 e. The Balaban J connectivity index is 2.75. The van der Waals surface area contributed by atoms with Gasteiger partial charge in [0.2, 0.25) is 5.91 Å². The van der Waals surface area contributed by atoms with Gasteiger partial charge in [-0.15, -0.1) is 0 Å². The lowest BCUT2D eigenvalue weighted by atomic mass is 10.0. The predicted octanol–water partition coefficient (Wildman–Crippen LogP) is 1.05. The number of rotatable bonds is 4. The Bertz CT molecular complexity index is 400. The Labute approximate surface area is 95.5 Å². The van der Waals surface area contributed by atoms with E-state index in [1.165, 1.54) is 0 Å². The highest BCUT2D eigenvalue weighted by molar-refractivity contribution is 5.83. The highest BCUT2D eigenvalue weighted by Gasteiger charge is 2.23. The van der Waals surface area contributed by atoms with Crippen LogP contribution in [0.2, 0.25) is 0 Å². The second-order valence-electron chi connectivity index (χ2n) is 4.47. The molecular formula is C12H18N2O2. The second kappa shape index (κ2) is 4.53. The highest BCUT2D eigenvalue weighted by Crippen LogP contribution is 2.18. The molecule has 0 spiro atoms. The summed E-state index contributed by atoms with van der Waals surface area (Å²) in [5, 5.41) is 12.6. The Kier molecular flexibility index (Phi) is 3.55. The number of hydrogen-bond donors (Lipinski definition) is 3. The molecule has 16 heavy (non-hydrogen) atoms. The molecule has 0 aromatic heterocycles. The van der Waals surface area contributed by atoms with Crippen LogP contribution in [0, 0.1) is 6.92 Å². The van der Waals surface area contributed by atoms with Crippen LogP contribution in [0.25, 0.3) is 0 Å². The summed E-state index contributed by atoms with van der Waals surface area (Å²) >= 11 is 0. The van der Waals surface area contributed by atoms with Crippen molar-refractivity contribution < 1.29 is 9.90 Å². The zero-order chi connectivity index (χ0) is 12.3. The molecule has 0 unspecified atom stereocenters. The number of hydrogen-bond acceptors (Lipinski definition) is 3. The van der Waals surface area contributed by atoms with Crippen molar-refractivity contribution in [3.8, 4) is 5.75 Å². The number of benzene rings is 1. The van der Waals surface area contributed by atoms with Crippen LogP contribution in [0.1, 0.15) is 25.0 Å². The molecule has 0 saturated carbocycles. The third kappa shape index (κ3) is 2.97. The van der Waals surface area contributed by atoms with Crippen molar-refractivity contribution in [2.45, 2.75) is 32.9 Å². The first-order valence-corrected chi connectivity index (χ1v) is 5.16. The van der Waals surface area contributed by atoms with E-state index in [1.54, 1.807) is 19.9 Å². The molecule has 0 bridgehead atoms. The number of nitrogens with one attached hydrogen (secondary N) is 1. The van der Waals surface area contributed by atoms with Crippen molar-refractivity contribution in [2.75, 3.05) is 0 Å². The Morgan fingerprint density at radius 3 is 2.69 bits per heavy atom. The van der Waals surface area contributed by atoms with Gasteiger partial charge in [0.1, 0.15) is 5.75 Å². The second-order valence-corrected chi connectivity index (χ2v) is 4.47. The van der Waals surface area contributed by atoms with Gasteiger partial charge in [-0.25, -0.2) is 0 Å². The first-order valence-electron chi connectivity index (χ1n) is 5.16. The maximum absolute atomic E-state index is 11.1. The van der Waals surface area contributed by atoms with Crippen LogP contribution in [-0.4, -0.2) is 16.6 Å². The molecule has 0 aliphatic heterocycles. The molecule has 0 fully saturated rings. The number of phenols is 1. The summed E-state index contributed by atoms with van der Waals surface area (Å²) in [4.78, 5) is 11.1. The van der Waals surface area contributed by atoms with Gasteiger partial charge in [-0.2, -0.15) is 0 Å². The quantitative estimate of drug-likeness (QED) is 0.713. The van der Waals surface area contributed by atoms with Crippen LogP contribution < -0.4 is 11.1 Å². The molecule has 0 heterocycles. The van der Waals surface area contributed by atoms with Gasteiger partial charge in [0, 0.05) is 12.1 Å². The van der Waals surface area contributed by atoms with Crippen LogP contribution in [0.3, 0.4) is 0 Å². The number of primary amides is 1. The summed E-state index contributed by atoms with van der Waals surface area (Å²) in [6.45, 7) is 5.77. The molecule has 4 nitrogen and oxygen atoms in total. The molecule has 4 N–H and O–H groups in total. The van der Waals surface area contributed by atoms with Gasteiger partial charge in [0.25, 0.3) is 0 Å². The lowest BCUT2D eigenvalue weighted by Crippen LogP contribution is -2.50. The Hall–Kier alpha value is -1.55. The summed E-state index contributed by atoms with van der Waals surface area (Å²) in [5.74, 6) is -0.196. The first kappa shape index (κ1) is 12.5. The fourth-order valence-corrected chi connectivity index (χ4v) is 1.26. The number of nitrogens with two attached hydrogens (primary N) is 1. The molecule has 0 radical (unpaired) electrons. The van der Waals surface area contributed by atoms with Gasteiger partial charge in [-0.1, -0.05) is 17.7 Å². The zero-order valence-corrected chi connectivity index (χ0v) is 9.87. The fourth-order valence-electron chi connectivity index (χ4n) is 1.26. The molecule has 4 heteroatoms. The fraction of sp³-hybridized carbons (Fsp3) is 0.417. The van der Waals surface area contributed by atoms with E-state index in [0.29, 0.717) is 6.54 Å². The SMILES string of the molecule is Cc1ccc(O)c(CNC(C)(C)C(N)=O)c1. The van der Waals surface area contributed by atoms with Gasteiger partial charge in [-0.3, -0.25) is 10.1 Å². The molecule has 1 amide bonds. The van der Waals surface area contributed by atoms with Crippen LogP contribution in [0.15, 0.2) is 18.2 Å². The number of aryl methyl sites for hydroxylation is 1. The number of aromatic hydroxyl groups is 1. The standard InChI is InChI=1S/C12H18N2O2/c1-8-4-5-10(15)9(6-8)7-14-12(2,3)11(13)16/h4-6,14-15H,7H2,1-3H3,(H2,13,16). The van der Waals surface area contributed by atoms with Gasteiger partial charge >= 0.3 is 0 Å². The smallest absolute Gasteiger partial charge is 0.237 e. The maximum atomic E-state index is 11.1. The normalized spacial score (nSPS) is 11.4. The minimum absolute atomic E-state index is 0.221. The molecule has 0 atom stereocenters. The third-order valence-corrected chi connectivity index (χ3v) is 2.57. The molecule has 1 aromatic rings. The topological polar surface area (TPSA) is 75.3 Å². The summed E-state index contributed by atoms with van der Waals surface area (Å²) in [7, 11) is 0. The number of amides is 1. The van der Waals surface area contributed by atoms with Crippen LogP contribution >= 0.6 is 0 Å². The number of phenolic OH excluding ortho intramolecular Hbond substituents is 1. The summed E-state index contributed by atoms with van der Waals surface area (Å²) < 4.78 is 0. The van der Waals surface area contributed by atoms with Gasteiger partial charge < -0.3 is 10.8 Å². The highest BCUT2D eigenvalue weighted by atomic mass is 16.3. The van der Waals surface area contributed by atoms with E-state index >= 15 is 0 Å². The largest absolute Gasteiger partial charge is 0.508 e. The average Bonchev–Trinajstić information content (AvgIpc) is 2.19. The van der Waals surface area contributed by atoms with E-state index in [9.17, 15) is 9.90 Å². The van der Waals surface area contributed by atoms with E-state index < -0.39 is 11.4 Å². The Morgan fingerprint density at radius 2 is 2.12 bits per heavy atom. The minimum atomic E-state index is -0.782. The van der Waals surface area contributed by atoms with Crippen LogP contribution in [-0.2, 0) is 11.3 Å². The summed E-state index contributed by atoms with van der Waals surface area (Å²) in [5.41, 5.74) is 6.28. The van der Waals surface area contributed by atoms with E-state index in [0.717, 1.165) is 11.1 Å². The zero-order valence-electron chi connectivity index (χ0n) is 9.87. The van der Waals surface area contributed by atoms with Crippen LogP contribution in [0.5, 0.6) is 5.75 Å². The molecule has 0 aliphatic rings.